The van der Waals surface area contributed by atoms with Gasteiger partial charge in [-0.1, -0.05) is 36.4 Å². The first-order chi connectivity index (χ1) is 10.9. The standard InChI is InChI=1S/C18H18N2O2/c1-2-4-15-13-16(6-5-14(15)3-1)18(21-11-12-22-18)8-7-17-19-9-10-20-17/h1-6,9-10,13H,7-8,11-12H2,(H,19,20). The largest absolute Gasteiger partial charge is 0.349 e. The smallest absolute Gasteiger partial charge is 0.195 e. The molecule has 0 atom stereocenters. The minimum atomic E-state index is -0.656. The maximum absolute atomic E-state index is 6.01. The van der Waals surface area contributed by atoms with E-state index in [0.29, 0.717) is 13.2 Å². The second kappa shape index (κ2) is 5.55. The summed E-state index contributed by atoms with van der Waals surface area (Å²) in [6, 6.07) is 14.7. The van der Waals surface area contributed by atoms with E-state index >= 15 is 0 Å². The molecule has 3 aromatic rings. The topological polar surface area (TPSA) is 47.1 Å². The van der Waals surface area contributed by atoms with Crippen molar-refractivity contribution in [3.63, 3.8) is 0 Å². The highest BCUT2D eigenvalue weighted by molar-refractivity contribution is 5.83. The fourth-order valence-corrected chi connectivity index (χ4v) is 3.05. The number of aromatic nitrogens is 2. The second-order valence-corrected chi connectivity index (χ2v) is 5.55. The van der Waals surface area contributed by atoms with Gasteiger partial charge in [-0.05, 0) is 16.8 Å². The Kier molecular flexibility index (Phi) is 3.41. The third-order valence-electron chi connectivity index (χ3n) is 4.19. The molecule has 1 aromatic heterocycles. The predicted molar refractivity (Wildman–Crippen MR) is 84.4 cm³/mol. The van der Waals surface area contributed by atoms with Crippen molar-refractivity contribution in [3.05, 3.63) is 66.2 Å². The number of aromatic amines is 1. The quantitative estimate of drug-likeness (QED) is 0.802. The van der Waals surface area contributed by atoms with Crippen LogP contribution in [0.25, 0.3) is 10.8 Å². The number of ether oxygens (including phenoxy) is 2. The van der Waals surface area contributed by atoms with Crippen LogP contribution in [-0.2, 0) is 21.7 Å². The van der Waals surface area contributed by atoms with Gasteiger partial charge in [-0.3, -0.25) is 0 Å². The molecule has 4 nitrogen and oxygen atoms in total. The van der Waals surface area contributed by atoms with E-state index in [2.05, 4.69) is 52.4 Å². The van der Waals surface area contributed by atoms with Gasteiger partial charge in [0.05, 0.1) is 13.2 Å². The van der Waals surface area contributed by atoms with Crippen LogP contribution in [0, 0.1) is 0 Å². The average Bonchev–Trinajstić information content (AvgIpc) is 3.25. The summed E-state index contributed by atoms with van der Waals surface area (Å²) in [5.41, 5.74) is 1.08. The Morgan fingerprint density at radius 2 is 1.86 bits per heavy atom. The van der Waals surface area contributed by atoms with Crippen LogP contribution in [0.4, 0.5) is 0 Å². The van der Waals surface area contributed by atoms with Gasteiger partial charge in [0.2, 0.25) is 0 Å². The molecule has 0 bridgehead atoms. The molecule has 1 N–H and O–H groups in total. The lowest BCUT2D eigenvalue weighted by Gasteiger charge is -2.28. The van der Waals surface area contributed by atoms with Crippen molar-refractivity contribution in [2.24, 2.45) is 0 Å². The number of hydrogen-bond acceptors (Lipinski definition) is 3. The van der Waals surface area contributed by atoms with Gasteiger partial charge in [-0.15, -0.1) is 0 Å². The van der Waals surface area contributed by atoms with Crippen LogP contribution in [0.15, 0.2) is 54.9 Å². The van der Waals surface area contributed by atoms with Crippen LogP contribution in [-0.4, -0.2) is 23.2 Å². The molecule has 0 aliphatic carbocycles. The van der Waals surface area contributed by atoms with Gasteiger partial charge >= 0.3 is 0 Å². The summed E-state index contributed by atoms with van der Waals surface area (Å²) in [5, 5.41) is 2.43. The van der Waals surface area contributed by atoms with Crippen LogP contribution in [0.5, 0.6) is 0 Å². The van der Waals surface area contributed by atoms with Gasteiger partial charge in [-0.25, -0.2) is 4.98 Å². The van der Waals surface area contributed by atoms with Gasteiger partial charge in [0.1, 0.15) is 5.82 Å². The number of nitrogens with zero attached hydrogens (tertiary/aromatic N) is 1. The monoisotopic (exact) mass is 294 g/mol. The number of benzene rings is 2. The highest BCUT2D eigenvalue weighted by atomic mass is 16.7. The molecule has 112 valence electrons. The molecule has 1 saturated heterocycles. The molecule has 1 aliphatic rings. The van der Waals surface area contributed by atoms with Gasteiger partial charge in [0, 0.05) is 30.8 Å². The summed E-state index contributed by atoms with van der Waals surface area (Å²) in [5.74, 6) is 0.302. The van der Waals surface area contributed by atoms with Crippen LogP contribution < -0.4 is 0 Å². The fourth-order valence-electron chi connectivity index (χ4n) is 3.05. The van der Waals surface area contributed by atoms with Crippen LogP contribution in [0.2, 0.25) is 0 Å². The fraction of sp³-hybridized carbons (Fsp3) is 0.278. The van der Waals surface area contributed by atoms with Crippen molar-refractivity contribution in [3.8, 4) is 0 Å². The van der Waals surface area contributed by atoms with Gasteiger partial charge in [0.25, 0.3) is 0 Å². The Hall–Kier alpha value is -2.17. The van der Waals surface area contributed by atoms with Crippen molar-refractivity contribution in [1.82, 2.24) is 9.97 Å². The highest BCUT2D eigenvalue weighted by Gasteiger charge is 2.38. The molecule has 22 heavy (non-hydrogen) atoms. The molecule has 2 heterocycles. The van der Waals surface area contributed by atoms with E-state index in [1.165, 1.54) is 10.8 Å². The Morgan fingerprint density at radius 1 is 1.05 bits per heavy atom. The lowest BCUT2D eigenvalue weighted by Crippen LogP contribution is -2.28. The van der Waals surface area contributed by atoms with Crippen molar-refractivity contribution >= 4 is 10.8 Å². The zero-order valence-electron chi connectivity index (χ0n) is 12.3. The van der Waals surface area contributed by atoms with E-state index < -0.39 is 5.79 Å². The molecule has 2 aromatic carbocycles. The number of nitrogens with one attached hydrogen (secondary N) is 1. The molecule has 1 aliphatic heterocycles. The molecular formula is C18H18N2O2. The molecular weight excluding hydrogens is 276 g/mol. The third-order valence-corrected chi connectivity index (χ3v) is 4.19. The number of imidazole rings is 1. The summed E-state index contributed by atoms with van der Waals surface area (Å²) < 4.78 is 12.0. The number of fused-ring (bicyclic) bond motifs is 1. The first-order valence-corrected chi connectivity index (χ1v) is 7.61. The molecule has 0 saturated carbocycles. The maximum Gasteiger partial charge on any atom is 0.195 e. The second-order valence-electron chi connectivity index (χ2n) is 5.55. The average molecular weight is 294 g/mol. The third kappa shape index (κ3) is 2.40. The first kappa shape index (κ1) is 13.5. The summed E-state index contributed by atoms with van der Waals surface area (Å²) in [4.78, 5) is 7.42. The predicted octanol–water partition coefficient (Wildman–Crippen LogP) is 3.40. The summed E-state index contributed by atoms with van der Waals surface area (Å²) in [6.07, 6.45) is 5.15. The summed E-state index contributed by atoms with van der Waals surface area (Å²) in [6.45, 7) is 1.26. The van der Waals surface area contributed by atoms with Gasteiger partial charge < -0.3 is 14.5 Å². The number of rotatable bonds is 4. The lowest BCUT2D eigenvalue weighted by atomic mass is 9.97. The number of hydrogen-bond donors (Lipinski definition) is 1. The summed E-state index contributed by atoms with van der Waals surface area (Å²) >= 11 is 0. The Balaban J connectivity index is 1.67. The van der Waals surface area contributed by atoms with E-state index in [1.807, 2.05) is 6.20 Å². The zero-order chi connectivity index (χ0) is 14.8. The molecule has 0 spiro atoms. The van der Waals surface area contributed by atoms with E-state index in [1.54, 1.807) is 6.20 Å². The molecule has 4 heteroatoms. The van der Waals surface area contributed by atoms with Crippen LogP contribution >= 0.6 is 0 Å². The van der Waals surface area contributed by atoms with Crippen LogP contribution in [0.1, 0.15) is 17.8 Å². The number of H-pyrrole nitrogens is 1. The van der Waals surface area contributed by atoms with Gasteiger partial charge in [-0.2, -0.15) is 0 Å². The minimum absolute atomic E-state index is 0.630. The summed E-state index contributed by atoms with van der Waals surface area (Å²) in [7, 11) is 0. The highest BCUT2D eigenvalue weighted by Crippen LogP contribution is 2.37. The van der Waals surface area contributed by atoms with Crippen molar-refractivity contribution in [1.29, 1.82) is 0 Å². The van der Waals surface area contributed by atoms with Crippen molar-refractivity contribution in [2.45, 2.75) is 18.6 Å². The van der Waals surface area contributed by atoms with Gasteiger partial charge in [0.15, 0.2) is 5.79 Å². The molecule has 0 amide bonds. The number of aryl methyl sites for hydroxylation is 1. The molecule has 0 radical (unpaired) electrons. The van der Waals surface area contributed by atoms with Crippen molar-refractivity contribution in [2.75, 3.05) is 13.2 Å². The van der Waals surface area contributed by atoms with Crippen LogP contribution in [0.3, 0.4) is 0 Å². The van der Waals surface area contributed by atoms with E-state index in [0.717, 1.165) is 24.2 Å². The molecule has 1 fully saturated rings. The molecule has 0 unspecified atom stereocenters. The zero-order valence-corrected chi connectivity index (χ0v) is 12.3. The normalized spacial score (nSPS) is 17.1. The van der Waals surface area contributed by atoms with E-state index in [9.17, 15) is 0 Å². The Morgan fingerprint density at radius 3 is 2.64 bits per heavy atom. The Bertz CT molecular complexity index is 762. The lowest BCUT2D eigenvalue weighted by molar-refractivity contribution is -0.170. The van der Waals surface area contributed by atoms with E-state index in [-0.39, 0.29) is 0 Å². The van der Waals surface area contributed by atoms with Crippen molar-refractivity contribution < 1.29 is 9.47 Å². The maximum atomic E-state index is 6.01. The first-order valence-electron chi connectivity index (χ1n) is 7.61. The minimum Gasteiger partial charge on any atom is -0.349 e. The SMILES string of the molecule is c1ccc2cc(C3(CCc4ncc[nH]4)OCCO3)ccc2c1. The van der Waals surface area contributed by atoms with E-state index in [4.69, 9.17) is 9.47 Å². The molecule has 4 rings (SSSR count). The Labute approximate surface area is 129 Å².